The number of anilines is 1. The first-order valence-corrected chi connectivity index (χ1v) is 7.52. The smallest absolute Gasteiger partial charge is 0.324 e. The first-order valence-electron chi connectivity index (χ1n) is 7.52. The van der Waals surface area contributed by atoms with E-state index in [9.17, 15) is 0 Å². The molecule has 6 heteroatoms. The molecule has 1 fully saturated rings. The lowest BCUT2D eigenvalue weighted by Crippen LogP contribution is -2.26. The number of hydrogen-bond donors (Lipinski definition) is 1. The molecule has 0 radical (unpaired) electrons. The molecule has 2 atom stereocenters. The summed E-state index contributed by atoms with van der Waals surface area (Å²) in [5.41, 5.74) is 5.67. The molecule has 0 amide bonds. The van der Waals surface area contributed by atoms with Crippen molar-refractivity contribution >= 4 is 5.95 Å². The van der Waals surface area contributed by atoms with Crippen LogP contribution in [0, 0.1) is 5.92 Å². The Morgan fingerprint density at radius 2 is 1.95 bits per heavy atom. The molecule has 1 aromatic rings. The molecular formula is C14H24N4O2. The Kier molecular flexibility index (Phi) is 5.38. The first kappa shape index (κ1) is 14.8. The summed E-state index contributed by atoms with van der Waals surface area (Å²) in [7, 11) is 0. The molecule has 0 bridgehead atoms. The molecule has 0 aromatic carbocycles. The minimum absolute atomic E-state index is 0.143. The van der Waals surface area contributed by atoms with E-state index in [1.165, 1.54) is 19.3 Å². The van der Waals surface area contributed by atoms with Gasteiger partial charge >= 0.3 is 12.0 Å². The van der Waals surface area contributed by atoms with Gasteiger partial charge in [0.2, 0.25) is 5.95 Å². The zero-order chi connectivity index (χ0) is 14.4. The minimum atomic E-state index is 0.143. The molecule has 0 aliphatic heterocycles. The summed E-state index contributed by atoms with van der Waals surface area (Å²) >= 11 is 0. The van der Waals surface area contributed by atoms with Crippen LogP contribution in [0.3, 0.4) is 0 Å². The fraction of sp³-hybridized carbons (Fsp3) is 0.786. The summed E-state index contributed by atoms with van der Waals surface area (Å²) in [6.45, 7) is 4.81. The van der Waals surface area contributed by atoms with Gasteiger partial charge in [0.1, 0.15) is 6.10 Å². The molecule has 1 aliphatic rings. The molecule has 1 aromatic heterocycles. The molecule has 2 rings (SSSR count). The maximum absolute atomic E-state index is 5.87. The average Bonchev–Trinajstić information content (AvgIpc) is 2.44. The van der Waals surface area contributed by atoms with E-state index in [2.05, 4.69) is 21.9 Å². The Bertz CT molecular complexity index is 428. The predicted molar refractivity (Wildman–Crippen MR) is 76.7 cm³/mol. The normalized spacial score (nSPS) is 22.5. The lowest BCUT2D eigenvalue weighted by Gasteiger charge is -2.28. The van der Waals surface area contributed by atoms with Gasteiger partial charge in [-0.15, -0.1) is 4.98 Å². The third kappa shape index (κ3) is 4.21. The molecule has 1 saturated carbocycles. The molecule has 6 nitrogen and oxygen atoms in total. The Balaban J connectivity index is 1.99. The SMILES string of the molecule is CCCOc1nc(N)nc(OC2CCCC(CC)C2)n1. The van der Waals surface area contributed by atoms with Crippen LogP contribution in [0.1, 0.15) is 52.4 Å². The second-order valence-electron chi connectivity index (χ2n) is 5.29. The topological polar surface area (TPSA) is 83.2 Å². The van der Waals surface area contributed by atoms with Gasteiger partial charge in [0.25, 0.3) is 0 Å². The number of ether oxygens (including phenoxy) is 2. The van der Waals surface area contributed by atoms with Crippen LogP contribution in [0.25, 0.3) is 0 Å². The summed E-state index contributed by atoms with van der Waals surface area (Å²) in [4.78, 5) is 12.2. The van der Waals surface area contributed by atoms with E-state index < -0.39 is 0 Å². The van der Waals surface area contributed by atoms with Crippen LogP contribution in [-0.4, -0.2) is 27.7 Å². The highest BCUT2D eigenvalue weighted by Crippen LogP contribution is 2.29. The van der Waals surface area contributed by atoms with Gasteiger partial charge < -0.3 is 15.2 Å². The van der Waals surface area contributed by atoms with Crippen molar-refractivity contribution in [2.45, 2.75) is 58.5 Å². The zero-order valence-corrected chi connectivity index (χ0v) is 12.3. The highest BCUT2D eigenvalue weighted by atomic mass is 16.5. The Labute approximate surface area is 120 Å². The summed E-state index contributed by atoms with van der Waals surface area (Å²) in [5, 5.41) is 0. The van der Waals surface area contributed by atoms with Crippen LogP contribution in [-0.2, 0) is 0 Å². The van der Waals surface area contributed by atoms with Crippen LogP contribution in [0.5, 0.6) is 12.0 Å². The van der Waals surface area contributed by atoms with E-state index in [0.717, 1.165) is 25.2 Å². The van der Waals surface area contributed by atoms with Crippen molar-refractivity contribution < 1.29 is 9.47 Å². The largest absolute Gasteiger partial charge is 0.463 e. The van der Waals surface area contributed by atoms with Crippen LogP contribution in [0.15, 0.2) is 0 Å². The van der Waals surface area contributed by atoms with Crippen molar-refractivity contribution in [3.8, 4) is 12.0 Å². The number of aromatic nitrogens is 3. The van der Waals surface area contributed by atoms with Crippen LogP contribution >= 0.6 is 0 Å². The molecule has 1 aliphatic carbocycles. The van der Waals surface area contributed by atoms with Crippen molar-refractivity contribution in [2.24, 2.45) is 5.92 Å². The van der Waals surface area contributed by atoms with Gasteiger partial charge in [0.15, 0.2) is 0 Å². The highest BCUT2D eigenvalue weighted by molar-refractivity contribution is 5.20. The van der Waals surface area contributed by atoms with Gasteiger partial charge in [0, 0.05) is 0 Å². The lowest BCUT2D eigenvalue weighted by atomic mass is 9.86. The first-order chi connectivity index (χ1) is 9.71. The molecule has 0 saturated heterocycles. The lowest BCUT2D eigenvalue weighted by molar-refractivity contribution is 0.110. The van der Waals surface area contributed by atoms with Crippen LogP contribution in [0.2, 0.25) is 0 Å². The number of hydrogen-bond acceptors (Lipinski definition) is 6. The number of nitrogens with two attached hydrogens (primary N) is 1. The van der Waals surface area contributed by atoms with E-state index >= 15 is 0 Å². The summed E-state index contributed by atoms with van der Waals surface area (Å²) < 4.78 is 11.3. The third-order valence-electron chi connectivity index (χ3n) is 3.63. The van der Waals surface area contributed by atoms with Crippen molar-refractivity contribution in [1.82, 2.24) is 15.0 Å². The van der Waals surface area contributed by atoms with Gasteiger partial charge in [-0.1, -0.05) is 26.7 Å². The maximum Gasteiger partial charge on any atom is 0.324 e. The second-order valence-corrected chi connectivity index (χ2v) is 5.29. The van der Waals surface area contributed by atoms with Gasteiger partial charge in [0.05, 0.1) is 6.61 Å². The van der Waals surface area contributed by atoms with Crippen molar-refractivity contribution in [3.63, 3.8) is 0 Å². The fourth-order valence-electron chi connectivity index (χ4n) is 2.53. The van der Waals surface area contributed by atoms with Gasteiger partial charge in [-0.3, -0.25) is 0 Å². The Hall–Kier alpha value is -1.59. The molecule has 0 spiro atoms. The minimum Gasteiger partial charge on any atom is -0.463 e. The zero-order valence-electron chi connectivity index (χ0n) is 12.3. The highest BCUT2D eigenvalue weighted by Gasteiger charge is 2.23. The van der Waals surface area contributed by atoms with Crippen molar-refractivity contribution in [1.29, 1.82) is 0 Å². The summed E-state index contributed by atoms with van der Waals surface area (Å²) in [5.74, 6) is 0.882. The molecule has 2 N–H and O–H groups in total. The monoisotopic (exact) mass is 280 g/mol. The van der Waals surface area contributed by atoms with Crippen LogP contribution < -0.4 is 15.2 Å². The summed E-state index contributed by atoms with van der Waals surface area (Å²) in [6, 6.07) is 0.530. The van der Waals surface area contributed by atoms with E-state index in [4.69, 9.17) is 15.2 Å². The van der Waals surface area contributed by atoms with E-state index in [-0.39, 0.29) is 24.1 Å². The van der Waals surface area contributed by atoms with Gasteiger partial charge in [-0.25, -0.2) is 0 Å². The predicted octanol–water partition coefficient (Wildman–Crippen LogP) is 2.59. The van der Waals surface area contributed by atoms with Gasteiger partial charge in [-0.05, 0) is 31.6 Å². The third-order valence-corrected chi connectivity index (χ3v) is 3.63. The van der Waals surface area contributed by atoms with E-state index in [1.807, 2.05) is 6.92 Å². The van der Waals surface area contributed by atoms with E-state index in [1.54, 1.807) is 0 Å². The Morgan fingerprint density at radius 1 is 1.15 bits per heavy atom. The molecule has 112 valence electrons. The van der Waals surface area contributed by atoms with Crippen LogP contribution in [0.4, 0.5) is 5.95 Å². The molecular weight excluding hydrogens is 256 g/mol. The average molecular weight is 280 g/mol. The molecule has 1 heterocycles. The quantitative estimate of drug-likeness (QED) is 0.862. The Morgan fingerprint density at radius 3 is 2.70 bits per heavy atom. The fourth-order valence-corrected chi connectivity index (χ4v) is 2.53. The maximum atomic E-state index is 5.87. The summed E-state index contributed by atoms with van der Waals surface area (Å²) in [6.07, 6.45) is 6.87. The number of nitrogens with zero attached hydrogens (tertiary/aromatic N) is 3. The second kappa shape index (κ2) is 7.26. The number of nitrogen functional groups attached to an aromatic ring is 1. The van der Waals surface area contributed by atoms with Gasteiger partial charge in [-0.2, -0.15) is 9.97 Å². The van der Waals surface area contributed by atoms with E-state index in [0.29, 0.717) is 6.61 Å². The molecule has 2 unspecified atom stereocenters. The van der Waals surface area contributed by atoms with Crippen molar-refractivity contribution in [3.05, 3.63) is 0 Å². The number of rotatable bonds is 6. The molecule has 20 heavy (non-hydrogen) atoms. The van der Waals surface area contributed by atoms with Crippen molar-refractivity contribution in [2.75, 3.05) is 12.3 Å². The standard InChI is InChI=1S/C14H24N4O2/c1-3-8-19-13-16-12(15)17-14(18-13)20-11-7-5-6-10(4-2)9-11/h10-11H,3-9H2,1-2H3,(H2,15,16,17,18).